The molecule has 1 aliphatic carbocycles. The number of aliphatic carboxylic acids is 1. The number of rotatable bonds is 10. The van der Waals surface area contributed by atoms with Gasteiger partial charge in [-0.3, -0.25) is 9.48 Å². The fourth-order valence-electron chi connectivity index (χ4n) is 4.43. The third kappa shape index (κ3) is 8.93. The standard InChI is InChI=1S/C29H31N5O.C2HF3O2/c30-26-10-4-5-11-27(26)33-29(35)24-14-12-21(13-15-24)7-6-16-34-20-22(19-32-34)18-31-28-17-25(28)23-8-2-1-3-9-23;3-2(4,5)1(6)7/h1-5,8-15,19-20,25,28,31H,6-7,16-18,30H2,(H,33,35);(H,6,7). The Bertz CT molecular complexity index is 1470. The second kappa shape index (κ2) is 13.8. The average Bonchev–Trinajstić information content (AvgIpc) is 3.62. The molecular formula is C31H32F3N5O3. The molecular weight excluding hydrogens is 547 g/mol. The number of nitrogens with two attached hydrogens (primary N) is 1. The summed E-state index contributed by atoms with van der Waals surface area (Å²) in [6, 6.07) is 26.3. The number of hydrogen-bond donors (Lipinski definition) is 4. The molecule has 0 spiro atoms. The molecule has 0 radical (unpaired) electrons. The number of nitrogens with zero attached hydrogens (tertiary/aromatic N) is 2. The Balaban J connectivity index is 0.000000517. The number of para-hydroxylation sites is 2. The van der Waals surface area contributed by atoms with E-state index in [9.17, 15) is 18.0 Å². The number of aromatic nitrogens is 2. The molecule has 3 aromatic carbocycles. The summed E-state index contributed by atoms with van der Waals surface area (Å²) in [5, 5.41) is 18.2. The summed E-state index contributed by atoms with van der Waals surface area (Å²) in [4.78, 5) is 21.4. The number of carbonyl (C=O) groups excluding carboxylic acids is 1. The third-order valence-corrected chi connectivity index (χ3v) is 6.79. The molecule has 2 atom stereocenters. The van der Waals surface area contributed by atoms with Crippen LogP contribution in [0.5, 0.6) is 0 Å². The number of halogens is 3. The number of hydrogen-bond acceptors (Lipinski definition) is 5. The number of alkyl halides is 3. The minimum absolute atomic E-state index is 0.159. The molecule has 1 amide bonds. The van der Waals surface area contributed by atoms with Crippen LogP contribution in [0.25, 0.3) is 0 Å². The zero-order valence-electron chi connectivity index (χ0n) is 22.7. The van der Waals surface area contributed by atoms with Crippen LogP contribution < -0.4 is 16.4 Å². The second-order valence-electron chi connectivity index (χ2n) is 10.00. The highest BCUT2D eigenvalue weighted by atomic mass is 19.4. The van der Waals surface area contributed by atoms with E-state index in [1.54, 1.807) is 12.1 Å². The van der Waals surface area contributed by atoms with Crippen molar-refractivity contribution in [3.8, 4) is 0 Å². The predicted molar refractivity (Wildman–Crippen MR) is 154 cm³/mol. The maximum Gasteiger partial charge on any atom is 0.490 e. The van der Waals surface area contributed by atoms with Gasteiger partial charge in [-0.15, -0.1) is 0 Å². The van der Waals surface area contributed by atoms with Crippen LogP contribution in [-0.2, 0) is 24.3 Å². The Morgan fingerprint density at radius 1 is 0.976 bits per heavy atom. The fraction of sp³-hybridized carbons (Fsp3) is 0.258. The van der Waals surface area contributed by atoms with E-state index < -0.39 is 12.1 Å². The smallest absolute Gasteiger partial charge is 0.475 e. The van der Waals surface area contributed by atoms with Crippen LogP contribution >= 0.6 is 0 Å². The van der Waals surface area contributed by atoms with Crippen molar-refractivity contribution in [3.05, 3.63) is 114 Å². The van der Waals surface area contributed by atoms with Gasteiger partial charge < -0.3 is 21.5 Å². The lowest BCUT2D eigenvalue weighted by atomic mass is 10.1. The lowest BCUT2D eigenvalue weighted by molar-refractivity contribution is -0.192. The summed E-state index contributed by atoms with van der Waals surface area (Å²) in [5.74, 6) is -2.28. The summed E-state index contributed by atoms with van der Waals surface area (Å²) in [6.07, 6.45) is 2.13. The number of nitrogens with one attached hydrogen (secondary N) is 2. The number of anilines is 2. The molecule has 42 heavy (non-hydrogen) atoms. The number of carboxylic acids is 1. The highest BCUT2D eigenvalue weighted by Crippen LogP contribution is 2.40. The van der Waals surface area contributed by atoms with E-state index in [0.29, 0.717) is 28.9 Å². The van der Waals surface area contributed by atoms with Gasteiger partial charge >= 0.3 is 12.1 Å². The summed E-state index contributed by atoms with van der Waals surface area (Å²) in [6.45, 7) is 1.72. The zero-order chi connectivity index (χ0) is 30.1. The van der Waals surface area contributed by atoms with Gasteiger partial charge in [0.05, 0.1) is 17.6 Å². The van der Waals surface area contributed by atoms with Crippen LogP contribution in [0, 0.1) is 0 Å². The third-order valence-electron chi connectivity index (χ3n) is 6.79. The molecule has 4 aromatic rings. The number of amides is 1. The molecule has 5 N–H and O–H groups in total. The van der Waals surface area contributed by atoms with Crippen molar-refractivity contribution < 1.29 is 27.9 Å². The summed E-state index contributed by atoms with van der Waals surface area (Å²) in [5.41, 5.74) is 11.6. The van der Waals surface area contributed by atoms with Crippen molar-refractivity contribution >= 4 is 23.3 Å². The first-order chi connectivity index (χ1) is 20.1. The first-order valence-corrected chi connectivity index (χ1v) is 13.4. The van der Waals surface area contributed by atoms with E-state index in [0.717, 1.165) is 25.9 Å². The monoisotopic (exact) mass is 579 g/mol. The quantitative estimate of drug-likeness (QED) is 0.181. The molecule has 0 bridgehead atoms. The fourth-order valence-corrected chi connectivity index (χ4v) is 4.43. The van der Waals surface area contributed by atoms with Gasteiger partial charge in [-0.1, -0.05) is 54.6 Å². The highest BCUT2D eigenvalue weighted by molar-refractivity contribution is 6.05. The molecule has 1 aliphatic rings. The summed E-state index contributed by atoms with van der Waals surface area (Å²) >= 11 is 0. The van der Waals surface area contributed by atoms with Crippen molar-refractivity contribution in [2.24, 2.45) is 0 Å². The molecule has 8 nitrogen and oxygen atoms in total. The Labute approximate surface area is 241 Å². The van der Waals surface area contributed by atoms with Crippen LogP contribution in [0.3, 0.4) is 0 Å². The molecule has 1 aromatic heterocycles. The van der Waals surface area contributed by atoms with Crippen molar-refractivity contribution in [2.75, 3.05) is 11.1 Å². The maximum absolute atomic E-state index is 12.5. The molecule has 0 aliphatic heterocycles. The van der Waals surface area contributed by atoms with Crippen LogP contribution in [0.2, 0.25) is 0 Å². The van der Waals surface area contributed by atoms with E-state index in [1.807, 2.05) is 47.3 Å². The average molecular weight is 580 g/mol. The SMILES string of the molecule is Nc1ccccc1NC(=O)c1ccc(CCCn2cc(CNC3CC3c3ccccc3)cn2)cc1.O=C(O)C(F)(F)F. The van der Waals surface area contributed by atoms with Crippen LogP contribution in [0.4, 0.5) is 24.5 Å². The van der Waals surface area contributed by atoms with E-state index in [1.165, 1.54) is 23.1 Å². The summed E-state index contributed by atoms with van der Waals surface area (Å²) < 4.78 is 33.8. The van der Waals surface area contributed by atoms with Gasteiger partial charge in [-0.25, -0.2) is 4.79 Å². The molecule has 1 fully saturated rings. The number of aryl methyl sites for hydroxylation is 2. The maximum atomic E-state index is 12.5. The molecule has 0 saturated heterocycles. The van der Waals surface area contributed by atoms with Crippen molar-refractivity contribution in [3.63, 3.8) is 0 Å². The van der Waals surface area contributed by atoms with Crippen LogP contribution in [0.15, 0.2) is 91.3 Å². The number of carboxylic acid groups (broad SMARTS) is 1. The van der Waals surface area contributed by atoms with Gasteiger partial charge in [0.1, 0.15) is 0 Å². The van der Waals surface area contributed by atoms with Crippen molar-refractivity contribution in [2.45, 2.75) is 50.5 Å². The van der Waals surface area contributed by atoms with Gasteiger partial charge in [0, 0.05) is 42.4 Å². The lowest BCUT2D eigenvalue weighted by Gasteiger charge is -2.08. The lowest BCUT2D eigenvalue weighted by Crippen LogP contribution is -2.21. The number of carbonyl (C=O) groups is 2. The molecule has 11 heteroatoms. The second-order valence-corrected chi connectivity index (χ2v) is 10.00. The Morgan fingerprint density at radius 3 is 2.31 bits per heavy atom. The highest BCUT2D eigenvalue weighted by Gasteiger charge is 2.38. The first-order valence-electron chi connectivity index (χ1n) is 13.4. The summed E-state index contributed by atoms with van der Waals surface area (Å²) in [7, 11) is 0. The van der Waals surface area contributed by atoms with Crippen molar-refractivity contribution in [1.82, 2.24) is 15.1 Å². The van der Waals surface area contributed by atoms with E-state index in [4.69, 9.17) is 15.6 Å². The molecule has 220 valence electrons. The van der Waals surface area contributed by atoms with Crippen LogP contribution in [-0.4, -0.2) is 39.0 Å². The Kier molecular flexibility index (Phi) is 9.98. The van der Waals surface area contributed by atoms with E-state index in [-0.39, 0.29) is 5.91 Å². The number of benzene rings is 3. The van der Waals surface area contributed by atoms with Crippen LogP contribution in [0.1, 0.15) is 45.8 Å². The molecule has 1 saturated carbocycles. The minimum Gasteiger partial charge on any atom is -0.475 e. The molecule has 1 heterocycles. The Morgan fingerprint density at radius 2 is 1.64 bits per heavy atom. The van der Waals surface area contributed by atoms with E-state index >= 15 is 0 Å². The molecule has 2 unspecified atom stereocenters. The van der Waals surface area contributed by atoms with Gasteiger partial charge in [0.15, 0.2) is 0 Å². The van der Waals surface area contributed by atoms with Gasteiger partial charge in [0.2, 0.25) is 0 Å². The largest absolute Gasteiger partial charge is 0.490 e. The normalized spacial score (nSPS) is 15.8. The van der Waals surface area contributed by atoms with Crippen molar-refractivity contribution in [1.29, 1.82) is 0 Å². The predicted octanol–water partition coefficient (Wildman–Crippen LogP) is 5.63. The number of nitrogen functional groups attached to an aromatic ring is 1. The molecule has 5 rings (SSSR count). The van der Waals surface area contributed by atoms with Gasteiger partial charge in [0.25, 0.3) is 5.91 Å². The zero-order valence-corrected chi connectivity index (χ0v) is 22.7. The Hall–Kier alpha value is -4.64. The van der Waals surface area contributed by atoms with Gasteiger partial charge in [-0.2, -0.15) is 18.3 Å². The minimum atomic E-state index is -5.08. The first kappa shape index (κ1) is 30.3. The topological polar surface area (TPSA) is 122 Å². The van der Waals surface area contributed by atoms with Gasteiger partial charge in [-0.05, 0) is 54.7 Å². The van der Waals surface area contributed by atoms with E-state index in [2.05, 4.69) is 52.3 Å².